The molecule has 1 aliphatic rings. The van der Waals surface area contributed by atoms with Gasteiger partial charge in [-0.2, -0.15) is 18.3 Å². The molecule has 0 amide bonds. The Hall–Kier alpha value is -0.900. The third kappa shape index (κ3) is 4.53. The first-order chi connectivity index (χ1) is 9.76. The molecule has 0 bridgehead atoms. The molecule has 1 fully saturated rings. The Bertz CT molecular complexity index is 595. The summed E-state index contributed by atoms with van der Waals surface area (Å²) in [5.74, 6) is 1.15. The maximum absolute atomic E-state index is 12.3. The molecule has 0 unspecified atom stereocenters. The van der Waals surface area contributed by atoms with E-state index < -0.39 is 29.1 Å². The van der Waals surface area contributed by atoms with Crippen LogP contribution in [0.25, 0.3) is 0 Å². The lowest BCUT2D eigenvalue weighted by Crippen LogP contribution is -2.33. The van der Waals surface area contributed by atoms with Crippen molar-refractivity contribution in [1.82, 2.24) is 9.78 Å². The van der Waals surface area contributed by atoms with Crippen LogP contribution in [0.15, 0.2) is 15.5 Å². The van der Waals surface area contributed by atoms with Crippen LogP contribution < -0.4 is 10.9 Å². The zero-order valence-electron chi connectivity index (χ0n) is 10.8. The fourth-order valence-corrected chi connectivity index (χ4v) is 3.73. The van der Waals surface area contributed by atoms with Crippen molar-refractivity contribution in [2.24, 2.45) is 0 Å². The van der Waals surface area contributed by atoms with E-state index >= 15 is 0 Å². The van der Waals surface area contributed by atoms with Crippen molar-refractivity contribution in [2.75, 3.05) is 16.8 Å². The minimum Gasteiger partial charge on any atom is -0.380 e. The lowest BCUT2D eigenvalue weighted by molar-refractivity contribution is -0.143. The summed E-state index contributed by atoms with van der Waals surface area (Å²) in [4.78, 5) is 11.8. The molecule has 1 aromatic heterocycles. The first-order valence-corrected chi connectivity index (χ1v) is 8.48. The van der Waals surface area contributed by atoms with Gasteiger partial charge in [0.05, 0.1) is 11.9 Å². The Labute approximate surface area is 129 Å². The lowest BCUT2D eigenvalue weighted by Gasteiger charge is -2.24. The van der Waals surface area contributed by atoms with Crippen LogP contribution in [0.4, 0.5) is 18.9 Å². The summed E-state index contributed by atoms with van der Waals surface area (Å²) in [7, 11) is -0.802. The van der Waals surface area contributed by atoms with E-state index in [1.165, 1.54) is 6.20 Å². The van der Waals surface area contributed by atoms with Crippen LogP contribution in [0, 0.1) is 0 Å². The second kappa shape index (κ2) is 6.47. The van der Waals surface area contributed by atoms with Crippen molar-refractivity contribution in [2.45, 2.75) is 31.6 Å². The van der Waals surface area contributed by atoms with Crippen LogP contribution in [0.5, 0.6) is 0 Å². The minimum absolute atomic E-state index is 0.0217. The third-order valence-electron chi connectivity index (χ3n) is 3.06. The summed E-state index contributed by atoms with van der Waals surface area (Å²) in [6, 6.07) is 0.0404. The van der Waals surface area contributed by atoms with Gasteiger partial charge < -0.3 is 5.32 Å². The van der Waals surface area contributed by atoms with Gasteiger partial charge in [0.2, 0.25) is 0 Å². The van der Waals surface area contributed by atoms with Gasteiger partial charge in [-0.3, -0.25) is 9.00 Å². The maximum Gasteiger partial charge on any atom is 0.408 e. The van der Waals surface area contributed by atoms with Crippen molar-refractivity contribution < 1.29 is 17.4 Å². The summed E-state index contributed by atoms with van der Waals surface area (Å²) in [6.45, 7) is -1.42. The van der Waals surface area contributed by atoms with Crippen LogP contribution in [0.2, 0.25) is 0 Å². The molecule has 1 aliphatic heterocycles. The molecule has 1 N–H and O–H groups in total. The summed E-state index contributed by atoms with van der Waals surface area (Å²) >= 11 is 3.01. The summed E-state index contributed by atoms with van der Waals surface area (Å²) in [5.41, 5.74) is -0.479. The summed E-state index contributed by atoms with van der Waals surface area (Å²) in [6.07, 6.45) is -1.93. The SMILES string of the molecule is O=c1c(Br)c(NC2CCS(=O)CC2)cnn1CC(F)(F)F. The van der Waals surface area contributed by atoms with Gasteiger partial charge in [-0.05, 0) is 28.8 Å². The van der Waals surface area contributed by atoms with Crippen LogP contribution in [-0.4, -0.2) is 37.7 Å². The van der Waals surface area contributed by atoms with Crippen molar-refractivity contribution in [3.05, 3.63) is 21.0 Å². The fraction of sp³-hybridized carbons (Fsp3) is 0.636. The largest absolute Gasteiger partial charge is 0.408 e. The van der Waals surface area contributed by atoms with E-state index in [9.17, 15) is 22.2 Å². The van der Waals surface area contributed by atoms with E-state index in [1.54, 1.807) is 0 Å². The fourth-order valence-electron chi connectivity index (χ4n) is 2.01. The number of halogens is 4. The smallest absolute Gasteiger partial charge is 0.380 e. The molecule has 1 saturated heterocycles. The number of nitrogens with zero attached hydrogens (tertiary/aromatic N) is 2. The molecule has 21 heavy (non-hydrogen) atoms. The van der Waals surface area contributed by atoms with Crippen molar-refractivity contribution in [3.8, 4) is 0 Å². The van der Waals surface area contributed by atoms with Gasteiger partial charge in [0, 0.05) is 28.3 Å². The molecule has 0 radical (unpaired) electrons. The van der Waals surface area contributed by atoms with E-state index in [2.05, 4.69) is 26.3 Å². The van der Waals surface area contributed by atoms with Gasteiger partial charge in [0.25, 0.3) is 5.56 Å². The number of aromatic nitrogens is 2. The summed E-state index contributed by atoms with van der Waals surface area (Å²) < 4.78 is 48.6. The van der Waals surface area contributed by atoms with Gasteiger partial charge in [0.1, 0.15) is 11.0 Å². The van der Waals surface area contributed by atoms with Gasteiger partial charge in [-0.25, -0.2) is 4.68 Å². The topological polar surface area (TPSA) is 64.0 Å². The predicted octanol–water partition coefficient (Wildman–Crippen LogP) is 1.89. The van der Waals surface area contributed by atoms with E-state index in [0.29, 0.717) is 34.7 Å². The van der Waals surface area contributed by atoms with E-state index in [-0.39, 0.29) is 10.5 Å². The highest BCUT2D eigenvalue weighted by molar-refractivity contribution is 9.10. The molecule has 2 rings (SSSR count). The number of hydrogen-bond donors (Lipinski definition) is 1. The van der Waals surface area contributed by atoms with Gasteiger partial charge >= 0.3 is 6.18 Å². The Balaban J connectivity index is 2.13. The molecule has 10 heteroatoms. The van der Waals surface area contributed by atoms with Crippen LogP contribution in [-0.2, 0) is 17.3 Å². The first kappa shape index (κ1) is 16.5. The molecule has 118 valence electrons. The van der Waals surface area contributed by atoms with Crippen molar-refractivity contribution in [1.29, 1.82) is 0 Å². The number of rotatable bonds is 3. The number of alkyl halides is 3. The molecule has 5 nitrogen and oxygen atoms in total. The Morgan fingerprint density at radius 3 is 2.62 bits per heavy atom. The first-order valence-electron chi connectivity index (χ1n) is 6.20. The second-order valence-electron chi connectivity index (χ2n) is 4.72. The zero-order chi connectivity index (χ0) is 15.6. The average molecular weight is 388 g/mol. The Morgan fingerprint density at radius 1 is 1.43 bits per heavy atom. The molecule has 0 saturated carbocycles. The molecule has 1 aromatic rings. The number of anilines is 1. The summed E-state index contributed by atoms with van der Waals surface area (Å²) in [5, 5.41) is 6.60. The van der Waals surface area contributed by atoms with Crippen molar-refractivity contribution in [3.63, 3.8) is 0 Å². The minimum atomic E-state index is -4.50. The van der Waals surface area contributed by atoms with Crippen LogP contribution in [0.3, 0.4) is 0 Å². The molecule has 0 atom stereocenters. The van der Waals surface area contributed by atoms with E-state index in [1.807, 2.05) is 0 Å². The molecule has 2 heterocycles. The molecule has 0 aliphatic carbocycles. The number of nitrogens with one attached hydrogen (secondary N) is 1. The second-order valence-corrected chi connectivity index (χ2v) is 7.21. The highest BCUT2D eigenvalue weighted by Gasteiger charge is 2.30. The monoisotopic (exact) mass is 387 g/mol. The van der Waals surface area contributed by atoms with E-state index in [0.717, 1.165) is 0 Å². The van der Waals surface area contributed by atoms with Crippen molar-refractivity contribution >= 4 is 32.4 Å². The highest BCUT2D eigenvalue weighted by atomic mass is 79.9. The quantitative estimate of drug-likeness (QED) is 0.859. The van der Waals surface area contributed by atoms with Gasteiger partial charge in [0.15, 0.2) is 0 Å². The Kier molecular flexibility index (Phi) is 5.07. The highest BCUT2D eigenvalue weighted by Crippen LogP contribution is 2.22. The average Bonchev–Trinajstić information content (AvgIpc) is 2.39. The molecular weight excluding hydrogens is 375 g/mol. The Morgan fingerprint density at radius 2 is 2.05 bits per heavy atom. The van der Waals surface area contributed by atoms with Crippen LogP contribution >= 0.6 is 15.9 Å². The van der Waals surface area contributed by atoms with E-state index in [4.69, 9.17) is 0 Å². The van der Waals surface area contributed by atoms with Gasteiger partial charge in [-0.15, -0.1) is 0 Å². The van der Waals surface area contributed by atoms with Gasteiger partial charge in [-0.1, -0.05) is 0 Å². The normalized spacial score (nSPS) is 23.0. The zero-order valence-corrected chi connectivity index (χ0v) is 13.2. The molecule has 0 aromatic carbocycles. The third-order valence-corrected chi connectivity index (χ3v) is 5.21. The standard InChI is InChI=1S/C11H13BrF3N3O2S/c12-9-8(17-7-1-3-21(20)4-2-7)5-16-18(10(9)19)6-11(13,14)15/h5,7,17H,1-4,6H2. The number of hydrogen-bond acceptors (Lipinski definition) is 4. The molecule has 0 spiro atoms. The maximum atomic E-state index is 12.3. The lowest BCUT2D eigenvalue weighted by atomic mass is 10.1. The predicted molar refractivity (Wildman–Crippen MR) is 76.8 cm³/mol. The molecular formula is C11H13BrF3N3O2S. The van der Waals surface area contributed by atoms with Crippen LogP contribution in [0.1, 0.15) is 12.8 Å².